The number of nitrogens with zero attached hydrogens (tertiary/aromatic N) is 1. The highest BCUT2D eigenvalue weighted by Gasteiger charge is 2.14. The maximum atomic E-state index is 12.5. The topological polar surface area (TPSA) is 51.2 Å². The first-order chi connectivity index (χ1) is 12.7. The highest BCUT2D eigenvalue weighted by molar-refractivity contribution is 5.91. The Morgan fingerprint density at radius 3 is 2.50 bits per heavy atom. The van der Waals surface area contributed by atoms with Gasteiger partial charge in [0.15, 0.2) is 0 Å². The molecule has 0 saturated carbocycles. The Bertz CT molecular complexity index is 835. The number of ether oxygens (including phenoxy) is 1. The van der Waals surface area contributed by atoms with E-state index in [4.69, 9.17) is 4.74 Å². The Morgan fingerprint density at radius 2 is 1.77 bits per heavy atom. The molecule has 1 unspecified atom stereocenters. The molecule has 1 aromatic heterocycles. The van der Waals surface area contributed by atoms with Gasteiger partial charge in [0.05, 0.1) is 0 Å². The monoisotopic (exact) mass is 346 g/mol. The molecule has 0 radical (unpaired) electrons. The minimum absolute atomic E-state index is 0.00163. The van der Waals surface area contributed by atoms with Gasteiger partial charge in [-0.25, -0.2) is 0 Å². The van der Waals surface area contributed by atoms with Gasteiger partial charge in [-0.15, -0.1) is 0 Å². The molecule has 0 aliphatic carbocycles. The molecule has 1 amide bonds. The van der Waals surface area contributed by atoms with E-state index in [1.807, 2.05) is 42.5 Å². The third kappa shape index (κ3) is 4.93. The Morgan fingerprint density at radius 1 is 1.00 bits per heavy atom. The molecule has 3 aromatic rings. The standard InChI is InChI=1S/C22H22N2O2/c1-2-17(18-7-4-3-5-8-18)15-22(25)24-19-9-6-10-21(16-19)26-20-11-13-23-14-12-20/h3-14,16-17H,2,15H2,1H3,(H,24,25). The predicted octanol–water partition coefficient (Wildman–Crippen LogP) is 5.40. The van der Waals surface area contributed by atoms with Crippen LogP contribution in [0.25, 0.3) is 0 Å². The van der Waals surface area contributed by atoms with Crippen LogP contribution in [0.2, 0.25) is 0 Å². The van der Waals surface area contributed by atoms with Crippen LogP contribution in [-0.4, -0.2) is 10.9 Å². The number of anilines is 1. The molecular weight excluding hydrogens is 324 g/mol. The van der Waals surface area contributed by atoms with Crippen LogP contribution in [-0.2, 0) is 4.79 Å². The number of hydrogen-bond donors (Lipinski definition) is 1. The number of carbonyl (C=O) groups is 1. The molecule has 4 heteroatoms. The summed E-state index contributed by atoms with van der Waals surface area (Å²) in [5, 5.41) is 2.97. The average Bonchev–Trinajstić information content (AvgIpc) is 2.68. The van der Waals surface area contributed by atoms with Crippen molar-refractivity contribution in [1.29, 1.82) is 0 Å². The number of rotatable bonds is 7. The fourth-order valence-corrected chi connectivity index (χ4v) is 2.84. The minimum Gasteiger partial charge on any atom is -0.457 e. The molecule has 4 nitrogen and oxygen atoms in total. The van der Waals surface area contributed by atoms with Crippen LogP contribution in [0, 0.1) is 0 Å². The molecular formula is C22H22N2O2. The van der Waals surface area contributed by atoms with Crippen molar-refractivity contribution >= 4 is 11.6 Å². The fraction of sp³-hybridized carbons (Fsp3) is 0.182. The van der Waals surface area contributed by atoms with Gasteiger partial charge in [-0.05, 0) is 42.2 Å². The highest BCUT2D eigenvalue weighted by Crippen LogP contribution is 2.26. The van der Waals surface area contributed by atoms with Crippen LogP contribution in [0.4, 0.5) is 5.69 Å². The lowest BCUT2D eigenvalue weighted by Gasteiger charge is -2.15. The zero-order chi connectivity index (χ0) is 18.2. The summed E-state index contributed by atoms with van der Waals surface area (Å²) in [6, 6.07) is 21.1. The van der Waals surface area contributed by atoms with Crippen LogP contribution in [0.3, 0.4) is 0 Å². The highest BCUT2D eigenvalue weighted by atomic mass is 16.5. The average molecular weight is 346 g/mol. The smallest absolute Gasteiger partial charge is 0.224 e. The number of benzene rings is 2. The van der Waals surface area contributed by atoms with E-state index in [0.717, 1.165) is 12.1 Å². The second-order valence-corrected chi connectivity index (χ2v) is 6.08. The number of aromatic nitrogens is 1. The molecule has 0 bridgehead atoms. The van der Waals surface area contributed by atoms with Gasteiger partial charge >= 0.3 is 0 Å². The van der Waals surface area contributed by atoms with Crippen molar-refractivity contribution in [3.63, 3.8) is 0 Å². The molecule has 26 heavy (non-hydrogen) atoms. The summed E-state index contributed by atoms with van der Waals surface area (Å²) in [6.45, 7) is 2.11. The Hall–Kier alpha value is -3.14. The number of amides is 1. The van der Waals surface area contributed by atoms with E-state index in [9.17, 15) is 4.79 Å². The third-order valence-corrected chi connectivity index (χ3v) is 4.20. The second kappa shape index (κ2) is 8.81. The molecule has 2 aromatic carbocycles. The largest absolute Gasteiger partial charge is 0.457 e. The number of carbonyl (C=O) groups excluding carboxylic acids is 1. The summed E-state index contributed by atoms with van der Waals surface area (Å²) in [6.07, 6.45) is 4.73. The minimum atomic E-state index is 0.00163. The van der Waals surface area contributed by atoms with Crippen molar-refractivity contribution in [1.82, 2.24) is 4.98 Å². The van der Waals surface area contributed by atoms with E-state index >= 15 is 0 Å². The van der Waals surface area contributed by atoms with Crippen LogP contribution < -0.4 is 10.1 Å². The van der Waals surface area contributed by atoms with Crippen LogP contribution in [0.15, 0.2) is 79.1 Å². The van der Waals surface area contributed by atoms with Crippen molar-refractivity contribution in [2.75, 3.05) is 5.32 Å². The first-order valence-electron chi connectivity index (χ1n) is 8.77. The van der Waals surface area contributed by atoms with Gasteiger partial charge in [0, 0.05) is 30.6 Å². The maximum absolute atomic E-state index is 12.5. The second-order valence-electron chi connectivity index (χ2n) is 6.08. The molecule has 3 rings (SSSR count). The molecule has 0 spiro atoms. The Balaban J connectivity index is 1.63. The zero-order valence-electron chi connectivity index (χ0n) is 14.8. The van der Waals surface area contributed by atoms with Crippen molar-refractivity contribution in [2.45, 2.75) is 25.7 Å². The van der Waals surface area contributed by atoms with E-state index in [1.54, 1.807) is 24.5 Å². The summed E-state index contributed by atoms with van der Waals surface area (Å²) in [7, 11) is 0. The van der Waals surface area contributed by atoms with Crippen molar-refractivity contribution in [3.8, 4) is 11.5 Å². The molecule has 1 N–H and O–H groups in total. The molecule has 0 saturated heterocycles. The number of pyridine rings is 1. The van der Waals surface area contributed by atoms with Crippen LogP contribution >= 0.6 is 0 Å². The molecule has 0 aliphatic heterocycles. The number of hydrogen-bond acceptors (Lipinski definition) is 3. The van der Waals surface area contributed by atoms with E-state index < -0.39 is 0 Å². The quantitative estimate of drug-likeness (QED) is 0.623. The molecule has 0 aliphatic rings. The van der Waals surface area contributed by atoms with Gasteiger partial charge in [-0.3, -0.25) is 9.78 Å². The lowest BCUT2D eigenvalue weighted by atomic mass is 9.93. The van der Waals surface area contributed by atoms with E-state index in [-0.39, 0.29) is 11.8 Å². The predicted molar refractivity (Wildman–Crippen MR) is 103 cm³/mol. The molecule has 0 fully saturated rings. The van der Waals surface area contributed by atoms with Gasteiger partial charge in [0.2, 0.25) is 5.91 Å². The molecule has 1 atom stereocenters. The third-order valence-electron chi connectivity index (χ3n) is 4.20. The first kappa shape index (κ1) is 17.7. The van der Waals surface area contributed by atoms with Gasteiger partial charge in [0.25, 0.3) is 0 Å². The number of nitrogens with one attached hydrogen (secondary N) is 1. The van der Waals surface area contributed by atoms with Crippen LogP contribution in [0.1, 0.15) is 31.2 Å². The van der Waals surface area contributed by atoms with Gasteiger partial charge < -0.3 is 10.1 Å². The summed E-state index contributed by atoms with van der Waals surface area (Å²) in [5.74, 6) is 1.59. The zero-order valence-corrected chi connectivity index (χ0v) is 14.8. The normalized spacial score (nSPS) is 11.6. The van der Waals surface area contributed by atoms with Gasteiger partial charge in [0.1, 0.15) is 11.5 Å². The van der Waals surface area contributed by atoms with Crippen LogP contribution in [0.5, 0.6) is 11.5 Å². The van der Waals surface area contributed by atoms with Crippen molar-refractivity contribution in [2.24, 2.45) is 0 Å². The summed E-state index contributed by atoms with van der Waals surface area (Å²) < 4.78 is 5.78. The Kier molecular flexibility index (Phi) is 5.99. The first-order valence-corrected chi connectivity index (χ1v) is 8.77. The molecule has 1 heterocycles. The van der Waals surface area contributed by atoms with E-state index in [1.165, 1.54) is 5.56 Å². The van der Waals surface area contributed by atoms with Crippen molar-refractivity contribution in [3.05, 3.63) is 84.7 Å². The fourth-order valence-electron chi connectivity index (χ4n) is 2.84. The van der Waals surface area contributed by atoms with E-state index in [2.05, 4.69) is 29.4 Å². The van der Waals surface area contributed by atoms with Gasteiger partial charge in [-0.1, -0.05) is 43.3 Å². The van der Waals surface area contributed by atoms with Crippen molar-refractivity contribution < 1.29 is 9.53 Å². The summed E-state index contributed by atoms with van der Waals surface area (Å²) in [4.78, 5) is 16.4. The molecule has 132 valence electrons. The Labute approximate surface area is 153 Å². The maximum Gasteiger partial charge on any atom is 0.224 e. The van der Waals surface area contributed by atoms with E-state index in [0.29, 0.717) is 17.9 Å². The summed E-state index contributed by atoms with van der Waals surface area (Å²) in [5.41, 5.74) is 1.92. The SMILES string of the molecule is CCC(CC(=O)Nc1cccc(Oc2ccncc2)c1)c1ccccc1. The van der Waals surface area contributed by atoms with Gasteiger partial charge in [-0.2, -0.15) is 0 Å². The summed E-state index contributed by atoms with van der Waals surface area (Å²) >= 11 is 0. The lowest BCUT2D eigenvalue weighted by Crippen LogP contribution is -2.15. The lowest BCUT2D eigenvalue weighted by molar-refractivity contribution is -0.116.